The number of ether oxygens (including phenoxy) is 6. The molecule has 3 aliphatic heterocycles. The van der Waals surface area contributed by atoms with Gasteiger partial charge in [0, 0.05) is 13.8 Å². The standard InChI is InChI=1S/C25H32F2O13S/c1-10(25(26,27)41(32,33)34)35-14(28)6-7-15(29)36-20-19-17(16-18(37-19)21(20)38-22(16)30)23(31)40-24(2,3)39-13-9-11-4-5-12(13)8-11/h10-13,16-21H,4-9H2,1-3H3,(H,32,33,34). The quantitative estimate of drug-likeness (QED) is 0.154. The second-order valence-corrected chi connectivity index (χ2v) is 13.3. The summed E-state index contributed by atoms with van der Waals surface area (Å²) in [7, 11) is -5.84. The van der Waals surface area contributed by atoms with Crippen molar-refractivity contribution in [3.8, 4) is 0 Å². The van der Waals surface area contributed by atoms with Crippen LogP contribution in [0.3, 0.4) is 0 Å². The van der Waals surface area contributed by atoms with Crippen molar-refractivity contribution < 1.29 is 69.4 Å². The van der Waals surface area contributed by atoms with Crippen molar-refractivity contribution >= 4 is 34.0 Å². The second-order valence-electron chi connectivity index (χ2n) is 11.8. The van der Waals surface area contributed by atoms with Crippen molar-refractivity contribution in [1.82, 2.24) is 0 Å². The highest BCUT2D eigenvalue weighted by Gasteiger charge is 2.72. The van der Waals surface area contributed by atoms with Gasteiger partial charge in [0.25, 0.3) is 0 Å². The van der Waals surface area contributed by atoms with Gasteiger partial charge >= 0.3 is 39.2 Å². The largest absolute Gasteiger partial charge is 0.455 e. The predicted molar refractivity (Wildman–Crippen MR) is 127 cm³/mol. The Balaban J connectivity index is 1.16. The number of rotatable bonds is 11. The van der Waals surface area contributed by atoms with E-state index in [1.54, 1.807) is 13.8 Å². The second kappa shape index (κ2) is 10.4. The van der Waals surface area contributed by atoms with E-state index in [0.717, 1.165) is 19.3 Å². The molecule has 1 N–H and O–H groups in total. The molecule has 5 aliphatic rings. The fourth-order valence-electron chi connectivity index (χ4n) is 6.72. The summed E-state index contributed by atoms with van der Waals surface area (Å²) >= 11 is 0. The number of esters is 4. The maximum Gasteiger partial charge on any atom is 0.405 e. The molecule has 0 amide bonds. The van der Waals surface area contributed by atoms with Crippen LogP contribution in [-0.4, -0.2) is 84.5 Å². The highest BCUT2D eigenvalue weighted by molar-refractivity contribution is 7.86. The summed E-state index contributed by atoms with van der Waals surface area (Å²) in [4.78, 5) is 50.3. The lowest BCUT2D eigenvalue weighted by Gasteiger charge is -2.34. The zero-order chi connectivity index (χ0) is 30.1. The molecule has 5 fully saturated rings. The SMILES string of the molecule is CC(OC(=O)CCC(=O)OC1C2OC(=O)C3C2OC1C3C(=O)OC(C)(C)OC1CC2CCC1C2)C(F)(F)S(=O)(=O)O. The average molecular weight is 611 g/mol. The lowest BCUT2D eigenvalue weighted by Crippen LogP contribution is -2.49. The molecule has 0 aromatic heterocycles. The molecule has 3 heterocycles. The molecule has 0 radical (unpaired) electrons. The van der Waals surface area contributed by atoms with Crippen molar-refractivity contribution in [2.45, 2.75) is 107 Å². The maximum absolute atomic E-state index is 13.6. The topological polar surface area (TPSA) is 178 Å². The Morgan fingerprint density at radius 2 is 1.76 bits per heavy atom. The van der Waals surface area contributed by atoms with Crippen molar-refractivity contribution in [1.29, 1.82) is 0 Å². The van der Waals surface area contributed by atoms with Gasteiger partial charge in [-0.3, -0.25) is 23.7 Å². The first-order chi connectivity index (χ1) is 19.0. The summed E-state index contributed by atoms with van der Waals surface area (Å²) < 4.78 is 90.0. The van der Waals surface area contributed by atoms with Gasteiger partial charge in [-0.25, -0.2) is 0 Å². The molecule has 13 nitrogen and oxygen atoms in total. The molecular formula is C25H32F2O13S. The summed E-state index contributed by atoms with van der Waals surface area (Å²) in [6.07, 6.45) is -3.88. The van der Waals surface area contributed by atoms with Gasteiger partial charge < -0.3 is 28.4 Å². The van der Waals surface area contributed by atoms with Gasteiger partial charge in [-0.2, -0.15) is 17.2 Å². The molecule has 10 unspecified atom stereocenters. The first kappa shape index (κ1) is 30.0. The van der Waals surface area contributed by atoms with Crippen molar-refractivity contribution in [2.24, 2.45) is 23.7 Å². The molecular weight excluding hydrogens is 578 g/mol. The molecule has 41 heavy (non-hydrogen) atoms. The Hall–Kier alpha value is -2.43. The van der Waals surface area contributed by atoms with E-state index in [1.165, 1.54) is 6.42 Å². The van der Waals surface area contributed by atoms with Gasteiger partial charge in [0.2, 0.25) is 5.79 Å². The number of hydrogen-bond acceptors (Lipinski definition) is 12. The Morgan fingerprint density at radius 1 is 1.07 bits per heavy atom. The van der Waals surface area contributed by atoms with Crippen LogP contribution in [0, 0.1) is 23.7 Å². The smallest absolute Gasteiger partial charge is 0.405 e. The molecule has 4 bridgehead atoms. The van der Waals surface area contributed by atoms with Gasteiger partial charge in [-0.05, 0) is 44.4 Å². The number of hydrogen-bond donors (Lipinski definition) is 1. The van der Waals surface area contributed by atoms with Crippen molar-refractivity contribution in [3.63, 3.8) is 0 Å². The molecule has 3 saturated heterocycles. The van der Waals surface area contributed by atoms with E-state index >= 15 is 0 Å². The highest BCUT2D eigenvalue weighted by atomic mass is 32.2. The molecule has 0 aromatic rings. The van der Waals surface area contributed by atoms with E-state index in [9.17, 15) is 36.4 Å². The molecule has 0 aromatic carbocycles. The first-order valence-electron chi connectivity index (χ1n) is 13.5. The molecule has 2 saturated carbocycles. The third kappa shape index (κ3) is 5.55. The van der Waals surface area contributed by atoms with Crippen LogP contribution in [0.25, 0.3) is 0 Å². The lowest BCUT2D eigenvalue weighted by molar-refractivity contribution is -0.243. The van der Waals surface area contributed by atoms with Gasteiger partial charge in [-0.15, -0.1) is 0 Å². The predicted octanol–water partition coefficient (Wildman–Crippen LogP) is 1.51. The van der Waals surface area contributed by atoms with Gasteiger partial charge in [0.15, 0.2) is 18.3 Å². The lowest BCUT2D eigenvalue weighted by atomic mass is 9.78. The Labute approximate surface area is 234 Å². The summed E-state index contributed by atoms with van der Waals surface area (Å²) in [6.45, 7) is 3.79. The number of halogens is 2. The highest BCUT2D eigenvalue weighted by Crippen LogP contribution is 2.52. The summed E-state index contributed by atoms with van der Waals surface area (Å²) in [5.41, 5.74) is 0. The number of alkyl halides is 2. The Bertz CT molecular complexity index is 1220. The van der Waals surface area contributed by atoms with Gasteiger partial charge in [0.05, 0.1) is 18.9 Å². The summed E-state index contributed by atoms with van der Waals surface area (Å²) in [5.74, 6) is -6.19. The monoisotopic (exact) mass is 610 g/mol. The third-order valence-electron chi connectivity index (χ3n) is 8.56. The summed E-state index contributed by atoms with van der Waals surface area (Å²) in [6, 6.07) is 0. The van der Waals surface area contributed by atoms with E-state index < -0.39 is 100 Å². The van der Waals surface area contributed by atoms with Gasteiger partial charge in [-0.1, -0.05) is 0 Å². The van der Waals surface area contributed by atoms with E-state index in [0.29, 0.717) is 18.8 Å². The van der Waals surface area contributed by atoms with E-state index in [2.05, 4.69) is 4.74 Å². The van der Waals surface area contributed by atoms with Crippen LogP contribution in [-0.2, 0) is 57.7 Å². The van der Waals surface area contributed by atoms with Crippen LogP contribution in [0.2, 0.25) is 0 Å². The first-order valence-corrected chi connectivity index (χ1v) is 14.9. The third-order valence-corrected chi connectivity index (χ3v) is 9.58. The van der Waals surface area contributed by atoms with Crippen LogP contribution in [0.1, 0.15) is 59.3 Å². The normalized spacial score (nSPS) is 36.2. The molecule has 5 rings (SSSR count). The number of fused-ring (bicyclic) bond motifs is 3. The Morgan fingerprint density at radius 3 is 2.37 bits per heavy atom. The zero-order valence-electron chi connectivity index (χ0n) is 22.5. The van der Waals surface area contributed by atoms with E-state index in [1.807, 2.05) is 0 Å². The molecule has 0 spiro atoms. The van der Waals surface area contributed by atoms with Crippen LogP contribution in [0.5, 0.6) is 0 Å². The van der Waals surface area contributed by atoms with Crippen LogP contribution in [0.15, 0.2) is 0 Å². The molecule has 10 atom stereocenters. The molecule has 230 valence electrons. The fourth-order valence-corrected chi connectivity index (χ4v) is 7.19. The fraction of sp³-hybridized carbons (Fsp3) is 0.840. The number of carbonyl (C=O) groups is 4. The van der Waals surface area contributed by atoms with E-state index in [4.69, 9.17) is 28.2 Å². The van der Waals surface area contributed by atoms with Gasteiger partial charge in [0.1, 0.15) is 24.0 Å². The van der Waals surface area contributed by atoms with E-state index in [-0.39, 0.29) is 6.10 Å². The zero-order valence-corrected chi connectivity index (χ0v) is 23.3. The number of carbonyl (C=O) groups excluding carboxylic acids is 4. The molecule has 2 aliphatic carbocycles. The van der Waals surface area contributed by atoms with Crippen molar-refractivity contribution in [2.75, 3.05) is 0 Å². The maximum atomic E-state index is 13.6. The Kier molecular flexibility index (Phi) is 7.61. The van der Waals surface area contributed by atoms with Crippen LogP contribution >= 0.6 is 0 Å². The summed E-state index contributed by atoms with van der Waals surface area (Å²) in [5, 5.41) is -4.76. The minimum atomic E-state index is -5.84. The van der Waals surface area contributed by atoms with Crippen LogP contribution in [0.4, 0.5) is 8.78 Å². The van der Waals surface area contributed by atoms with Crippen LogP contribution < -0.4 is 0 Å². The van der Waals surface area contributed by atoms with Crippen molar-refractivity contribution in [3.05, 3.63) is 0 Å². The molecule has 16 heteroatoms. The minimum Gasteiger partial charge on any atom is -0.455 e. The average Bonchev–Trinajstić information content (AvgIpc) is 3.64. The minimum absolute atomic E-state index is 0.0312.